The summed E-state index contributed by atoms with van der Waals surface area (Å²) in [4.78, 5) is 11.3. The minimum Gasteiger partial charge on any atom is -0.354 e. The van der Waals surface area contributed by atoms with Crippen molar-refractivity contribution in [2.75, 3.05) is 0 Å². The highest BCUT2D eigenvalue weighted by Crippen LogP contribution is 1.97. The third-order valence-electron chi connectivity index (χ3n) is 1.94. The molecule has 14 heavy (non-hydrogen) atoms. The van der Waals surface area contributed by atoms with Gasteiger partial charge in [-0.1, -0.05) is 0 Å². The highest BCUT2D eigenvalue weighted by atomic mass is 16.1. The van der Waals surface area contributed by atoms with Crippen molar-refractivity contribution < 1.29 is 4.79 Å². The summed E-state index contributed by atoms with van der Waals surface area (Å²) >= 11 is 0. The van der Waals surface area contributed by atoms with E-state index in [-0.39, 0.29) is 11.9 Å². The molecule has 0 radical (unpaired) electrons. The summed E-state index contributed by atoms with van der Waals surface area (Å²) in [5.74, 6) is 0.146. The number of rotatable bonds is 5. The predicted octanol–water partition coefficient (Wildman–Crippen LogP) is 1.79. The number of aryl methyl sites for hydroxylation is 1. The Labute approximate surface area is 85.1 Å². The zero-order chi connectivity index (χ0) is 10.4. The van der Waals surface area contributed by atoms with Gasteiger partial charge in [-0.05, 0) is 32.4 Å². The molecule has 0 unspecified atom stereocenters. The molecule has 1 rings (SSSR count). The lowest BCUT2D eigenvalue weighted by Gasteiger charge is -2.08. The molecule has 0 saturated carbocycles. The average Bonchev–Trinajstić information content (AvgIpc) is 2.55. The molecule has 0 atom stereocenters. The van der Waals surface area contributed by atoms with Crippen LogP contribution in [0.5, 0.6) is 0 Å². The first kappa shape index (κ1) is 10.8. The molecule has 0 bridgehead atoms. The highest BCUT2D eigenvalue weighted by Gasteiger charge is 2.02. The second-order valence-electron chi connectivity index (χ2n) is 3.75. The summed E-state index contributed by atoms with van der Waals surface area (Å²) in [5, 5.41) is 2.87. The number of carbonyl (C=O) groups is 1. The zero-order valence-electron chi connectivity index (χ0n) is 8.86. The van der Waals surface area contributed by atoms with Crippen LogP contribution in [0.15, 0.2) is 24.5 Å². The van der Waals surface area contributed by atoms with Crippen molar-refractivity contribution in [2.45, 2.75) is 39.3 Å². The fraction of sp³-hybridized carbons (Fsp3) is 0.545. The van der Waals surface area contributed by atoms with Crippen LogP contribution in [-0.2, 0) is 11.3 Å². The first-order valence-corrected chi connectivity index (χ1v) is 5.08. The van der Waals surface area contributed by atoms with E-state index in [0.717, 1.165) is 13.0 Å². The smallest absolute Gasteiger partial charge is 0.220 e. The molecule has 1 amide bonds. The summed E-state index contributed by atoms with van der Waals surface area (Å²) in [5.41, 5.74) is 0. The van der Waals surface area contributed by atoms with Gasteiger partial charge < -0.3 is 9.88 Å². The van der Waals surface area contributed by atoms with Gasteiger partial charge in [-0.15, -0.1) is 0 Å². The van der Waals surface area contributed by atoms with Crippen LogP contribution in [0.2, 0.25) is 0 Å². The number of aromatic nitrogens is 1. The van der Waals surface area contributed by atoms with E-state index in [2.05, 4.69) is 9.88 Å². The number of hydrogen-bond donors (Lipinski definition) is 1. The van der Waals surface area contributed by atoms with Crippen molar-refractivity contribution in [3.8, 4) is 0 Å². The van der Waals surface area contributed by atoms with Crippen LogP contribution < -0.4 is 5.32 Å². The zero-order valence-corrected chi connectivity index (χ0v) is 8.86. The molecule has 1 N–H and O–H groups in total. The molecule has 0 spiro atoms. The second kappa shape index (κ2) is 5.47. The Hall–Kier alpha value is -1.25. The summed E-state index contributed by atoms with van der Waals surface area (Å²) < 4.78 is 2.09. The molecule has 3 heteroatoms. The Morgan fingerprint density at radius 1 is 1.36 bits per heavy atom. The lowest BCUT2D eigenvalue weighted by atomic mass is 10.2. The Kier molecular flexibility index (Phi) is 4.23. The van der Waals surface area contributed by atoms with Gasteiger partial charge in [0.1, 0.15) is 0 Å². The third kappa shape index (κ3) is 4.12. The van der Waals surface area contributed by atoms with Gasteiger partial charge in [-0.25, -0.2) is 0 Å². The molecule has 3 nitrogen and oxygen atoms in total. The molecule has 0 saturated heterocycles. The minimum absolute atomic E-state index is 0.146. The standard InChI is InChI=1S/C11H18N2O/c1-10(2)12-11(14)6-5-9-13-7-3-4-8-13/h3-4,7-8,10H,5-6,9H2,1-2H3,(H,12,14). The maximum atomic E-state index is 11.3. The number of amides is 1. The van der Waals surface area contributed by atoms with Crippen molar-refractivity contribution in [1.82, 2.24) is 9.88 Å². The average molecular weight is 194 g/mol. The van der Waals surface area contributed by atoms with E-state index < -0.39 is 0 Å². The summed E-state index contributed by atoms with van der Waals surface area (Å²) in [6.45, 7) is 4.87. The lowest BCUT2D eigenvalue weighted by molar-refractivity contribution is -0.121. The molecule has 0 fully saturated rings. The fourth-order valence-corrected chi connectivity index (χ4v) is 1.34. The van der Waals surface area contributed by atoms with Crippen molar-refractivity contribution in [3.63, 3.8) is 0 Å². The van der Waals surface area contributed by atoms with Gasteiger partial charge in [-0.3, -0.25) is 4.79 Å². The van der Waals surface area contributed by atoms with E-state index in [1.54, 1.807) is 0 Å². The molecule has 1 aromatic heterocycles. The van der Waals surface area contributed by atoms with Crippen molar-refractivity contribution in [3.05, 3.63) is 24.5 Å². The normalized spacial score (nSPS) is 10.5. The monoisotopic (exact) mass is 194 g/mol. The SMILES string of the molecule is CC(C)NC(=O)CCCn1cccc1. The molecule has 1 aromatic rings. The van der Waals surface area contributed by atoms with E-state index in [9.17, 15) is 4.79 Å². The molecule has 1 heterocycles. The summed E-state index contributed by atoms with van der Waals surface area (Å²) in [6, 6.07) is 4.23. The highest BCUT2D eigenvalue weighted by molar-refractivity contribution is 5.76. The predicted molar refractivity (Wildman–Crippen MR) is 56.9 cm³/mol. The van der Waals surface area contributed by atoms with Crippen LogP contribution in [-0.4, -0.2) is 16.5 Å². The molecule has 78 valence electrons. The van der Waals surface area contributed by atoms with Gasteiger partial charge in [0.05, 0.1) is 0 Å². The minimum atomic E-state index is 0.146. The van der Waals surface area contributed by atoms with Gasteiger partial charge in [0.15, 0.2) is 0 Å². The molecule has 0 aliphatic carbocycles. The molecular formula is C11H18N2O. The Balaban J connectivity index is 2.12. The van der Waals surface area contributed by atoms with Crippen LogP contribution >= 0.6 is 0 Å². The van der Waals surface area contributed by atoms with Crippen LogP contribution in [0.1, 0.15) is 26.7 Å². The molecule has 0 aliphatic heterocycles. The van der Waals surface area contributed by atoms with E-state index in [1.165, 1.54) is 0 Å². The molecular weight excluding hydrogens is 176 g/mol. The van der Waals surface area contributed by atoms with Crippen LogP contribution in [0, 0.1) is 0 Å². The number of hydrogen-bond acceptors (Lipinski definition) is 1. The first-order valence-electron chi connectivity index (χ1n) is 5.08. The topological polar surface area (TPSA) is 34.0 Å². The Morgan fingerprint density at radius 2 is 2.00 bits per heavy atom. The largest absolute Gasteiger partial charge is 0.354 e. The van der Waals surface area contributed by atoms with E-state index >= 15 is 0 Å². The summed E-state index contributed by atoms with van der Waals surface area (Å²) in [7, 11) is 0. The Bertz CT molecular complexity index is 265. The summed E-state index contributed by atoms with van der Waals surface area (Å²) in [6.07, 6.45) is 5.53. The van der Waals surface area contributed by atoms with Gasteiger partial charge >= 0.3 is 0 Å². The fourth-order valence-electron chi connectivity index (χ4n) is 1.34. The van der Waals surface area contributed by atoms with Crippen LogP contribution in [0.3, 0.4) is 0 Å². The quantitative estimate of drug-likeness (QED) is 0.762. The van der Waals surface area contributed by atoms with E-state index in [1.807, 2.05) is 38.4 Å². The number of nitrogens with one attached hydrogen (secondary N) is 1. The second-order valence-corrected chi connectivity index (χ2v) is 3.75. The van der Waals surface area contributed by atoms with Gasteiger partial charge in [0.2, 0.25) is 5.91 Å². The lowest BCUT2D eigenvalue weighted by Crippen LogP contribution is -2.29. The maximum Gasteiger partial charge on any atom is 0.220 e. The number of nitrogens with zero attached hydrogens (tertiary/aromatic N) is 1. The first-order chi connectivity index (χ1) is 6.68. The maximum absolute atomic E-state index is 11.3. The van der Waals surface area contributed by atoms with Crippen molar-refractivity contribution in [2.24, 2.45) is 0 Å². The van der Waals surface area contributed by atoms with Crippen molar-refractivity contribution in [1.29, 1.82) is 0 Å². The molecule has 0 aromatic carbocycles. The van der Waals surface area contributed by atoms with Gasteiger partial charge in [0, 0.05) is 31.4 Å². The van der Waals surface area contributed by atoms with E-state index in [4.69, 9.17) is 0 Å². The van der Waals surface area contributed by atoms with Crippen LogP contribution in [0.25, 0.3) is 0 Å². The molecule has 0 aliphatic rings. The van der Waals surface area contributed by atoms with Gasteiger partial charge in [0.25, 0.3) is 0 Å². The van der Waals surface area contributed by atoms with Crippen molar-refractivity contribution >= 4 is 5.91 Å². The number of carbonyl (C=O) groups excluding carboxylic acids is 1. The third-order valence-corrected chi connectivity index (χ3v) is 1.94. The Morgan fingerprint density at radius 3 is 2.57 bits per heavy atom. The van der Waals surface area contributed by atoms with Gasteiger partial charge in [-0.2, -0.15) is 0 Å². The van der Waals surface area contributed by atoms with Crippen LogP contribution in [0.4, 0.5) is 0 Å². The van der Waals surface area contributed by atoms with E-state index in [0.29, 0.717) is 6.42 Å².